The molecule has 1 heteroatoms. The van der Waals surface area contributed by atoms with E-state index in [-0.39, 0.29) is 5.41 Å². The molecular weight excluding hydrogens is 555 g/mol. The van der Waals surface area contributed by atoms with Crippen LogP contribution in [0.3, 0.4) is 0 Å². The van der Waals surface area contributed by atoms with Crippen molar-refractivity contribution >= 4 is 17.1 Å². The minimum absolute atomic E-state index is 0.0832. The van der Waals surface area contributed by atoms with Crippen LogP contribution in [0, 0.1) is 0 Å². The number of anilines is 3. The highest BCUT2D eigenvalue weighted by atomic mass is 15.1. The zero-order valence-corrected chi connectivity index (χ0v) is 26.2. The fraction of sp³-hybridized carbons (Fsp3) is 0.0667. The Morgan fingerprint density at radius 1 is 0.348 bits per heavy atom. The molecule has 0 radical (unpaired) electrons. The van der Waals surface area contributed by atoms with Gasteiger partial charge in [-0.05, 0) is 86.5 Å². The first kappa shape index (κ1) is 27.9. The van der Waals surface area contributed by atoms with Crippen LogP contribution in [-0.2, 0) is 5.41 Å². The van der Waals surface area contributed by atoms with Crippen molar-refractivity contribution < 1.29 is 0 Å². The summed E-state index contributed by atoms with van der Waals surface area (Å²) >= 11 is 0. The largest absolute Gasteiger partial charge is 0.310 e. The zero-order valence-electron chi connectivity index (χ0n) is 26.2. The Bertz CT molecular complexity index is 2160. The predicted octanol–water partition coefficient (Wildman–Crippen LogP) is 12.5. The van der Waals surface area contributed by atoms with Crippen LogP contribution in [0.4, 0.5) is 17.1 Å². The quantitative estimate of drug-likeness (QED) is 0.186. The van der Waals surface area contributed by atoms with E-state index < -0.39 is 0 Å². The number of fused-ring (bicyclic) bond motifs is 3. The molecule has 0 saturated heterocycles. The van der Waals surface area contributed by atoms with E-state index in [0.29, 0.717) is 0 Å². The number of para-hydroxylation sites is 1. The fourth-order valence-electron chi connectivity index (χ4n) is 7.10. The molecule has 0 aliphatic heterocycles. The molecule has 0 heterocycles. The van der Waals surface area contributed by atoms with Crippen molar-refractivity contribution in [3.05, 3.63) is 187 Å². The summed E-state index contributed by atoms with van der Waals surface area (Å²) in [7, 11) is 0. The molecule has 0 aromatic heterocycles. The highest BCUT2D eigenvalue weighted by Gasteiger charge is 2.35. The van der Waals surface area contributed by atoms with Gasteiger partial charge < -0.3 is 4.90 Å². The lowest BCUT2D eigenvalue weighted by Gasteiger charge is -2.30. The molecule has 7 aromatic carbocycles. The molecular formula is C45H35N. The van der Waals surface area contributed by atoms with Gasteiger partial charge in [-0.15, -0.1) is 0 Å². The van der Waals surface area contributed by atoms with Gasteiger partial charge in [-0.2, -0.15) is 0 Å². The van der Waals surface area contributed by atoms with Crippen LogP contribution in [-0.4, -0.2) is 0 Å². The summed E-state index contributed by atoms with van der Waals surface area (Å²) in [6, 6.07) is 63.8. The second-order valence-corrected chi connectivity index (χ2v) is 12.6. The van der Waals surface area contributed by atoms with E-state index in [9.17, 15) is 0 Å². The fourth-order valence-corrected chi connectivity index (χ4v) is 7.10. The summed E-state index contributed by atoms with van der Waals surface area (Å²) in [5, 5.41) is 0. The average molecular weight is 590 g/mol. The van der Waals surface area contributed by atoms with Gasteiger partial charge in [0.15, 0.2) is 0 Å². The SMILES string of the molecule is CC1(C)c2ccccc2-c2ccc(N(c3ccc(-c4cccc(-c5ccccc5)c4)cc3)c3ccccc3-c3ccccc3)cc21. The van der Waals surface area contributed by atoms with Gasteiger partial charge in [0, 0.05) is 22.4 Å². The van der Waals surface area contributed by atoms with Crippen LogP contribution in [0.5, 0.6) is 0 Å². The van der Waals surface area contributed by atoms with Crippen molar-refractivity contribution in [3.8, 4) is 44.5 Å². The lowest BCUT2D eigenvalue weighted by molar-refractivity contribution is 0.660. The summed E-state index contributed by atoms with van der Waals surface area (Å²) in [4.78, 5) is 2.42. The van der Waals surface area contributed by atoms with Crippen molar-refractivity contribution in [2.24, 2.45) is 0 Å². The molecule has 0 bridgehead atoms. The molecule has 0 saturated carbocycles. The number of nitrogens with zero attached hydrogens (tertiary/aromatic N) is 1. The maximum Gasteiger partial charge on any atom is 0.0540 e. The topological polar surface area (TPSA) is 3.24 Å². The van der Waals surface area contributed by atoms with E-state index in [1.54, 1.807) is 0 Å². The Morgan fingerprint density at radius 3 is 1.59 bits per heavy atom. The standard InChI is InChI=1S/C45H35N/c1-45(2)42-22-11-9-21-40(42)41-29-28-38(31-43(41)45)46(44-23-12-10-20-39(44)34-16-7-4-8-17-34)37-26-24-33(25-27-37)36-19-13-18-35(30-36)32-14-5-3-6-15-32/h3-31H,1-2H3. The molecule has 46 heavy (non-hydrogen) atoms. The van der Waals surface area contributed by atoms with Crippen LogP contribution in [0.1, 0.15) is 25.0 Å². The van der Waals surface area contributed by atoms with E-state index in [4.69, 9.17) is 0 Å². The number of benzene rings is 7. The Morgan fingerprint density at radius 2 is 0.870 bits per heavy atom. The van der Waals surface area contributed by atoms with E-state index in [1.165, 1.54) is 55.6 Å². The monoisotopic (exact) mass is 589 g/mol. The van der Waals surface area contributed by atoms with Crippen molar-refractivity contribution in [3.63, 3.8) is 0 Å². The highest BCUT2D eigenvalue weighted by Crippen LogP contribution is 2.51. The zero-order chi connectivity index (χ0) is 31.1. The summed E-state index contributed by atoms with van der Waals surface area (Å²) in [6.07, 6.45) is 0. The highest BCUT2D eigenvalue weighted by molar-refractivity contribution is 5.91. The van der Waals surface area contributed by atoms with E-state index >= 15 is 0 Å². The smallest absolute Gasteiger partial charge is 0.0540 e. The molecule has 1 nitrogen and oxygen atoms in total. The first-order chi connectivity index (χ1) is 22.6. The minimum atomic E-state index is -0.0832. The maximum atomic E-state index is 2.42. The van der Waals surface area contributed by atoms with Crippen molar-refractivity contribution in [2.75, 3.05) is 4.90 Å². The lowest BCUT2D eigenvalue weighted by atomic mass is 9.82. The first-order valence-electron chi connectivity index (χ1n) is 16.0. The molecule has 0 spiro atoms. The van der Waals surface area contributed by atoms with E-state index in [1.807, 2.05) is 0 Å². The number of hydrogen-bond donors (Lipinski definition) is 0. The molecule has 8 rings (SSSR count). The third kappa shape index (κ3) is 4.82. The second kappa shape index (κ2) is 11.4. The Hall–Kier alpha value is -5.66. The van der Waals surface area contributed by atoms with Crippen LogP contribution < -0.4 is 4.90 Å². The summed E-state index contributed by atoms with van der Waals surface area (Å²) in [6.45, 7) is 4.70. The third-order valence-corrected chi connectivity index (χ3v) is 9.48. The summed E-state index contributed by atoms with van der Waals surface area (Å²) in [5.74, 6) is 0. The molecule has 0 fully saturated rings. The van der Waals surface area contributed by atoms with E-state index in [0.717, 1.165) is 17.1 Å². The van der Waals surface area contributed by atoms with Gasteiger partial charge in [-0.1, -0.05) is 153 Å². The summed E-state index contributed by atoms with van der Waals surface area (Å²) in [5.41, 5.74) is 16.0. The van der Waals surface area contributed by atoms with Gasteiger partial charge in [0.05, 0.1) is 5.69 Å². The maximum absolute atomic E-state index is 2.42. The summed E-state index contributed by atoms with van der Waals surface area (Å²) < 4.78 is 0. The Balaban J connectivity index is 1.26. The van der Waals surface area contributed by atoms with Gasteiger partial charge in [0.25, 0.3) is 0 Å². The van der Waals surface area contributed by atoms with Gasteiger partial charge in [0.1, 0.15) is 0 Å². The van der Waals surface area contributed by atoms with Crippen molar-refractivity contribution in [1.29, 1.82) is 0 Å². The number of hydrogen-bond acceptors (Lipinski definition) is 1. The van der Waals surface area contributed by atoms with Crippen LogP contribution in [0.2, 0.25) is 0 Å². The van der Waals surface area contributed by atoms with Gasteiger partial charge in [-0.3, -0.25) is 0 Å². The van der Waals surface area contributed by atoms with E-state index in [2.05, 4.69) is 195 Å². The molecule has 0 unspecified atom stereocenters. The van der Waals surface area contributed by atoms with Crippen LogP contribution in [0.15, 0.2) is 176 Å². The first-order valence-corrected chi connectivity index (χ1v) is 16.0. The van der Waals surface area contributed by atoms with Crippen LogP contribution >= 0.6 is 0 Å². The molecule has 1 aliphatic carbocycles. The Labute approximate surface area is 272 Å². The minimum Gasteiger partial charge on any atom is -0.310 e. The molecule has 0 atom stereocenters. The number of rotatable bonds is 6. The van der Waals surface area contributed by atoms with Gasteiger partial charge >= 0.3 is 0 Å². The second-order valence-electron chi connectivity index (χ2n) is 12.6. The lowest BCUT2D eigenvalue weighted by Crippen LogP contribution is -2.16. The van der Waals surface area contributed by atoms with Crippen molar-refractivity contribution in [1.82, 2.24) is 0 Å². The average Bonchev–Trinajstić information content (AvgIpc) is 3.35. The van der Waals surface area contributed by atoms with Crippen LogP contribution in [0.25, 0.3) is 44.5 Å². The van der Waals surface area contributed by atoms with Gasteiger partial charge in [-0.25, -0.2) is 0 Å². The molecule has 0 amide bonds. The normalized spacial score (nSPS) is 12.7. The molecule has 1 aliphatic rings. The third-order valence-electron chi connectivity index (χ3n) is 9.48. The van der Waals surface area contributed by atoms with Crippen molar-refractivity contribution in [2.45, 2.75) is 19.3 Å². The Kier molecular flexibility index (Phi) is 6.88. The predicted molar refractivity (Wildman–Crippen MR) is 195 cm³/mol. The molecule has 220 valence electrons. The molecule has 7 aromatic rings. The van der Waals surface area contributed by atoms with Gasteiger partial charge in [0.2, 0.25) is 0 Å². The molecule has 0 N–H and O–H groups in total.